The fourth-order valence-electron chi connectivity index (χ4n) is 3.07. The Morgan fingerprint density at radius 2 is 1.76 bits per heavy atom. The summed E-state index contributed by atoms with van der Waals surface area (Å²) in [5, 5.41) is 0. The van der Waals surface area contributed by atoms with Gasteiger partial charge in [-0.2, -0.15) is 0 Å². The van der Waals surface area contributed by atoms with E-state index in [1.807, 2.05) is 4.90 Å². The van der Waals surface area contributed by atoms with Crippen LogP contribution >= 0.6 is 0 Å². The van der Waals surface area contributed by atoms with Crippen LogP contribution in [0, 0.1) is 11.8 Å². The van der Waals surface area contributed by atoms with Crippen LogP contribution in [0.2, 0.25) is 0 Å². The molecule has 1 aromatic rings. The van der Waals surface area contributed by atoms with Crippen LogP contribution in [-0.4, -0.2) is 53.9 Å². The van der Waals surface area contributed by atoms with Crippen LogP contribution < -0.4 is 0 Å². The van der Waals surface area contributed by atoms with Crippen LogP contribution in [0.4, 0.5) is 0 Å². The first-order chi connectivity index (χ1) is 8.24. The molecule has 0 aromatic carbocycles. The van der Waals surface area contributed by atoms with Gasteiger partial charge in [-0.05, 0) is 31.0 Å². The van der Waals surface area contributed by atoms with E-state index in [9.17, 15) is 4.79 Å². The van der Waals surface area contributed by atoms with Gasteiger partial charge < -0.3 is 9.80 Å². The standard InChI is InChI=1S/C13H17N3O/c1-15-6-11-8-16(9-12(11)7-15)13(17)10-2-4-14-5-3-10/h2-5,11-12H,6-9H2,1H3. The van der Waals surface area contributed by atoms with Crippen molar-refractivity contribution >= 4 is 5.91 Å². The van der Waals surface area contributed by atoms with Crippen molar-refractivity contribution in [3.63, 3.8) is 0 Å². The van der Waals surface area contributed by atoms with Crippen molar-refractivity contribution in [2.24, 2.45) is 11.8 Å². The zero-order chi connectivity index (χ0) is 11.8. The van der Waals surface area contributed by atoms with Gasteiger partial charge in [-0.15, -0.1) is 0 Å². The van der Waals surface area contributed by atoms with Gasteiger partial charge >= 0.3 is 0 Å². The molecule has 1 aromatic heterocycles. The van der Waals surface area contributed by atoms with E-state index < -0.39 is 0 Å². The van der Waals surface area contributed by atoms with Gasteiger partial charge in [0.25, 0.3) is 5.91 Å². The van der Waals surface area contributed by atoms with Gasteiger partial charge in [-0.1, -0.05) is 0 Å². The summed E-state index contributed by atoms with van der Waals surface area (Å²) in [5.74, 6) is 1.50. The average molecular weight is 231 g/mol. The molecule has 0 radical (unpaired) electrons. The van der Waals surface area contributed by atoms with E-state index >= 15 is 0 Å². The predicted octanol–water partition coefficient (Wildman–Crippen LogP) is 0.715. The summed E-state index contributed by atoms with van der Waals surface area (Å²) in [6.07, 6.45) is 3.36. The lowest BCUT2D eigenvalue weighted by Crippen LogP contribution is -2.32. The third-order valence-electron chi connectivity index (χ3n) is 3.88. The summed E-state index contributed by atoms with van der Waals surface area (Å²) in [5.41, 5.74) is 0.758. The van der Waals surface area contributed by atoms with E-state index in [0.29, 0.717) is 11.8 Å². The number of carbonyl (C=O) groups is 1. The summed E-state index contributed by atoms with van der Waals surface area (Å²) < 4.78 is 0. The molecule has 17 heavy (non-hydrogen) atoms. The third-order valence-corrected chi connectivity index (χ3v) is 3.88. The second-order valence-corrected chi connectivity index (χ2v) is 5.19. The van der Waals surface area contributed by atoms with Crippen molar-refractivity contribution < 1.29 is 4.79 Å². The molecular formula is C13H17N3O. The summed E-state index contributed by atoms with van der Waals surface area (Å²) in [6, 6.07) is 3.59. The smallest absolute Gasteiger partial charge is 0.253 e. The molecule has 2 fully saturated rings. The molecule has 0 N–H and O–H groups in total. The fraction of sp³-hybridized carbons (Fsp3) is 0.538. The number of fused-ring (bicyclic) bond motifs is 1. The van der Waals surface area contributed by atoms with Crippen molar-refractivity contribution in [1.29, 1.82) is 0 Å². The van der Waals surface area contributed by atoms with Gasteiger partial charge in [-0.25, -0.2) is 0 Å². The van der Waals surface area contributed by atoms with E-state index in [2.05, 4.69) is 16.9 Å². The number of nitrogens with zero attached hydrogens (tertiary/aromatic N) is 3. The largest absolute Gasteiger partial charge is 0.338 e. The Kier molecular flexibility index (Phi) is 2.59. The van der Waals surface area contributed by atoms with Crippen LogP contribution in [0.25, 0.3) is 0 Å². The minimum atomic E-state index is 0.157. The van der Waals surface area contributed by atoms with Gasteiger partial charge in [0, 0.05) is 44.1 Å². The maximum Gasteiger partial charge on any atom is 0.253 e. The molecule has 2 saturated heterocycles. The third kappa shape index (κ3) is 1.93. The van der Waals surface area contributed by atoms with Gasteiger partial charge in [0.2, 0.25) is 0 Å². The Labute approximate surface area is 101 Å². The van der Waals surface area contributed by atoms with Crippen molar-refractivity contribution in [1.82, 2.24) is 14.8 Å². The molecule has 0 saturated carbocycles. The molecule has 2 unspecified atom stereocenters. The summed E-state index contributed by atoms with van der Waals surface area (Å²) in [6.45, 7) is 4.09. The number of likely N-dealkylation sites (tertiary alicyclic amines) is 2. The highest BCUT2D eigenvalue weighted by Crippen LogP contribution is 2.30. The Bertz CT molecular complexity index is 406. The van der Waals surface area contributed by atoms with E-state index in [0.717, 1.165) is 31.7 Å². The number of hydrogen-bond acceptors (Lipinski definition) is 3. The zero-order valence-electron chi connectivity index (χ0n) is 10.0. The fourth-order valence-corrected chi connectivity index (χ4v) is 3.07. The van der Waals surface area contributed by atoms with Gasteiger partial charge in [0.15, 0.2) is 0 Å². The minimum absolute atomic E-state index is 0.157. The normalized spacial score (nSPS) is 28.4. The molecule has 2 atom stereocenters. The first-order valence-electron chi connectivity index (χ1n) is 6.12. The van der Waals surface area contributed by atoms with E-state index in [4.69, 9.17) is 0 Å². The molecule has 0 spiro atoms. The lowest BCUT2D eigenvalue weighted by atomic mass is 10.0. The van der Waals surface area contributed by atoms with Crippen LogP contribution in [0.15, 0.2) is 24.5 Å². The monoisotopic (exact) mass is 231 g/mol. The number of rotatable bonds is 1. The SMILES string of the molecule is CN1CC2CN(C(=O)c3ccncc3)CC2C1. The first-order valence-corrected chi connectivity index (χ1v) is 6.12. The maximum atomic E-state index is 12.2. The van der Waals surface area contributed by atoms with Crippen molar-refractivity contribution in [3.05, 3.63) is 30.1 Å². The van der Waals surface area contributed by atoms with Crippen LogP contribution in [0.1, 0.15) is 10.4 Å². The second kappa shape index (κ2) is 4.11. The number of carbonyl (C=O) groups excluding carboxylic acids is 1. The topological polar surface area (TPSA) is 36.4 Å². The number of amides is 1. The van der Waals surface area contributed by atoms with Gasteiger partial charge in [-0.3, -0.25) is 9.78 Å². The Morgan fingerprint density at radius 3 is 2.35 bits per heavy atom. The molecule has 3 rings (SSSR count). The molecular weight excluding hydrogens is 214 g/mol. The highest BCUT2D eigenvalue weighted by molar-refractivity contribution is 5.94. The quantitative estimate of drug-likeness (QED) is 0.714. The molecule has 0 bridgehead atoms. The number of pyridine rings is 1. The Hall–Kier alpha value is -1.42. The van der Waals surface area contributed by atoms with Crippen molar-refractivity contribution in [3.8, 4) is 0 Å². The molecule has 0 aliphatic carbocycles. The van der Waals surface area contributed by atoms with Gasteiger partial charge in [0.05, 0.1) is 0 Å². The summed E-state index contributed by atoms with van der Waals surface area (Å²) in [7, 11) is 2.16. The van der Waals surface area contributed by atoms with E-state index in [-0.39, 0.29) is 5.91 Å². The van der Waals surface area contributed by atoms with E-state index in [1.165, 1.54) is 0 Å². The average Bonchev–Trinajstić information content (AvgIpc) is 2.86. The zero-order valence-corrected chi connectivity index (χ0v) is 10.0. The first kappa shape index (κ1) is 10.7. The lowest BCUT2D eigenvalue weighted by molar-refractivity contribution is 0.0776. The van der Waals surface area contributed by atoms with E-state index in [1.54, 1.807) is 24.5 Å². The Morgan fingerprint density at radius 1 is 1.18 bits per heavy atom. The van der Waals surface area contributed by atoms with Crippen LogP contribution in [0.5, 0.6) is 0 Å². The second-order valence-electron chi connectivity index (χ2n) is 5.19. The molecule has 90 valence electrons. The maximum absolute atomic E-state index is 12.2. The van der Waals surface area contributed by atoms with Crippen LogP contribution in [-0.2, 0) is 0 Å². The number of aromatic nitrogens is 1. The molecule has 4 heteroatoms. The molecule has 2 aliphatic rings. The van der Waals surface area contributed by atoms with Crippen molar-refractivity contribution in [2.45, 2.75) is 0 Å². The highest BCUT2D eigenvalue weighted by Gasteiger charge is 2.40. The molecule has 4 nitrogen and oxygen atoms in total. The minimum Gasteiger partial charge on any atom is -0.338 e. The summed E-state index contributed by atoms with van der Waals surface area (Å²) in [4.78, 5) is 20.6. The van der Waals surface area contributed by atoms with Crippen molar-refractivity contribution in [2.75, 3.05) is 33.2 Å². The predicted molar refractivity (Wildman–Crippen MR) is 64.6 cm³/mol. The lowest BCUT2D eigenvalue weighted by Gasteiger charge is -2.19. The van der Waals surface area contributed by atoms with Gasteiger partial charge in [0.1, 0.15) is 0 Å². The van der Waals surface area contributed by atoms with Crippen LogP contribution in [0.3, 0.4) is 0 Å². The summed E-state index contributed by atoms with van der Waals surface area (Å²) >= 11 is 0. The number of hydrogen-bond donors (Lipinski definition) is 0. The molecule has 3 heterocycles. The molecule has 1 amide bonds. The highest BCUT2D eigenvalue weighted by atomic mass is 16.2. The Balaban J connectivity index is 1.70. The molecule has 2 aliphatic heterocycles.